The van der Waals surface area contributed by atoms with Crippen molar-refractivity contribution < 1.29 is 18.8 Å². The van der Waals surface area contributed by atoms with Gasteiger partial charge in [-0.3, -0.25) is 14.4 Å². The van der Waals surface area contributed by atoms with Gasteiger partial charge in [0, 0.05) is 5.69 Å². The number of carbonyl (C=O) groups is 3. The first kappa shape index (κ1) is 20.7. The van der Waals surface area contributed by atoms with Crippen LogP contribution in [0.1, 0.15) is 10.4 Å². The second kappa shape index (κ2) is 7.42. The Hall–Kier alpha value is -4.66. The van der Waals surface area contributed by atoms with Gasteiger partial charge in [-0.05, 0) is 48.0 Å². The van der Waals surface area contributed by atoms with Gasteiger partial charge in [0.15, 0.2) is 0 Å². The molecule has 4 aromatic rings. The van der Waals surface area contributed by atoms with E-state index in [-0.39, 0.29) is 5.69 Å². The van der Waals surface area contributed by atoms with Crippen LogP contribution in [0.25, 0.3) is 17.1 Å². The summed E-state index contributed by atoms with van der Waals surface area (Å²) >= 11 is 0. The average molecular weight is 479 g/mol. The Bertz CT molecular complexity index is 1610. The van der Waals surface area contributed by atoms with Gasteiger partial charge < -0.3 is 4.90 Å². The van der Waals surface area contributed by atoms with Crippen LogP contribution in [0.4, 0.5) is 15.8 Å². The summed E-state index contributed by atoms with van der Waals surface area (Å²) in [6.45, 7) is 0. The van der Waals surface area contributed by atoms with Crippen molar-refractivity contribution in [3.05, 3.63) is 90.3 Å². The van der Waals surface area contributed by atoms with Crippen LogP contribution in [0.2, 0.25) is 0 Å². The topological polar surface area (TPSA) is 88.4 Å². The van der Waals surface area contributed by atoms with E-state index in [1.807, 2.05) is 41.3 Å². The molecule has 4 heterocycles. The number of rotatable bonds is 2. The van der Waals surface area contributed by atoms with Crippen molar-refractivity contribution in [2.75, 3.05) is 9.80 Å². The SMILES string of the molecule is O=C1[C@H]2[C@H](C(=O)N1c1ccc(F)cc1)[C@@H]1C=Cc3ccccc3N1[C@@H]2C(=O)n1nnc2ccccc21. The van der Waals surface area contributed by atoms with Gasteiger partial charge in [-0.25, -0.2) is 9.29 Å². The van der Waals surface area contributed by atoms with Crippen LogP contribution in [0.5, 0.6) is 0 Å². The molecule has 2 saturated heterocycles. The lowest BCUT2D eigenvalue weighted by atomic mass is 9.88. The Morgan fingerprint density at radius 2 is 1.58 bits per heavy atom. The highest BCUT2D eigenvalue weighted by Crippen LogP contribution is 2.49. The molecule has 1 aromatic heterocycles. The van der Waals surface area contributed by atoms with Crippen LogP contribution in [-0.2, 0) is 9.59 Å². The molecule has 3 aliphatic heterocycles. The zero-order chi connectivity index (χ0) is 24.6. The monoisotopic (exact) mass is 479 g/mol. The number of anilines is 2. The number of hydrogen-bond acceptors (Lipinski definition) is 6. The summed E-state index contributed by atoms with van der Waals surface area (Å²) in [6.07, 6.45) is 3.80. The van der Waals surface area contributed by atoms with Crippen LogP contribution in [-0.4, -0.2) is 44.8 Å². The maximum absolute atomic E-state index is 14.1. The predicted molar refractivity (Wildman–Crippen MR) is 130 cm³/mol. The van der Waals surface area contributed by atoms with Gasteiger partial charge in [0.1, 0.15) is 17.4 Å². The highest BCUT2D eigenvalue weighted by atomic mass is 19.1. The van der Waals surface area contributed by atoms with Crippen LogP contribution in [0, 0.1) is 17.7 Å². The number of fused-ring (bicyclic) bond motifs is 6. The van der Waals surface area contributed by atoms with Crippen molar-refractivity contribution in [1.29, 1.82) is 0 Å². The number of nitrogens with zero attached hydrogens (tertiary/aromatic N) is 5. The lowest BCUT2D eigenvalue weighted by molar-refractivity contribution is -0.122. The van der Waals surface area contributed by atoms with Gasteiger partial charge in [0.05, 0.1) is 29.1 Å². The molecule has 3 aromatic carbocycles. The third-order valence-electron chi connectivity index (χ3n) is 7.31. The van der Waals surface area contributed by atoms with Gasteiger partial charge in [-0.1, -0.05) is 47.7 Å². The van der Waals surface area contributed by atoms with E-state index < -0.39 is 47.5 Å². The Morgan fingerprint density at radius 3 is 2.42 bits per heavy atom. The molecule has 0 N–H and O–H groups in total. The number of carbonyl (C=O) groups excluding carboxylic acids is 3. The Morgan fingerprint density at radius 1 is 0.861 bits per heavy atom. The van der Waals surface area contributed by atoms with Gasteiger partial charge in [0.2, 0.25) is 11.8 Å². The molecule has 0 radical (unpaired) electrons. The van der Waals surface area contributed by atoms with E-state index >= 15 is 0 Å². The molecule has 3 aliphatic rings. The fraction of sp³-hybridized carbons (Fsp3) is 0.148. The van der Waals surface area contributed by atoms with Gasteiger partial charge in [-0.15, -0.1) is 5.10 Å². The zero-order valence-corrected chi connectivity index (χ0v) is 18.7. The number of imide groups is 1. The van der Waals surface area contributed by atoms with E-state index in [2.05, 4.69) is 10.3 Å². The minimum Gasteiger partial charge on any atom is -0.351 e. The fourth-order valence-electron chi connectivity index (χ4n) is 5.80. The van der Waals surface area contributed by atoms with Crippen molar-refractivity contribution >= 4 is 46.2 Å². The molecular weight excluding hydrogens is 461 g/mol. The third kappa shape index (κ3) is 2.70. The van der Waals surface area contributed by atoms with Crippen molar-refractivity contribution in [3.8, 4) is 0 Å². The number of benzene rings is 3. The zero-order valence-electron chi connectivity index (χ0n) is 18.7. The minimum atomic E-state index is -0.988. The lowest BCUT2D eigenvalue weighted by Crippen LogP contribution is -2.50. The van der Waals surface area contributed by atoms with Crippen molar-refractivity contribution in [2.45, 2.75) is 12.1 Å². The molecule has 0 bridgehead atoms. The van der Waals surface area contributed by atoms with E-state index in [9.17, 15) is 18.8 Å². The summed E-state index contributed by atoms with van der Waals surface area (Å²) in [5, 5.41) is 8.21. The molecule has 7 rings (SSSR count). The lowest BCUT2D eigenvalue weighted by Gasteiger charge is -2.36. The van der Waals surface area contributed by atoms with E-state index in [0.717, 1.165) is 16.2 Å². The summed E-state index contributed by atoms with van der Waals surface area (Å²) in [4.78, 5) is 44.7. The molecule has 2 amide bonds. The second-order valence-electron chi connectivity index (χ2n) is 9.13. The Kier molecular flexibility index (Phi) is 4.26. The van der Waals surface area contributed by atoms with Gasteiger partial charge >= 0.3 is 0 Å². The number of halogens is 1. The summed E-state index contributed by atoms with van der Waals surface area (Å²) < 4.78 is 14.8. The molecule has 4 atom stereocenters. The smallest absolute Gasteiger partial charge is 0.272 e. The quantitative estimate of drug-likeness (QED) is 0.410. The molecule has 8 nitrogen and oxygen atoms in total. The largest absolute Gasteiger partial charge is 0.351 e. The fourth-order valence-corrected chi connectivity index (χ4v) is 5.80. The van der Waals surface area contributed by atoms with Crippen LogP contribution < -0.4 is 9.80 Å². The van der Waals surface area contributed by atoms with Crippen molar-refractivity contribution in [1.82, 2.24) is 15.0 Å². The van der Waals surface area contributed by atoms with E-state index in [1.54, 1.807) is 24.3 Å². The number of hydrogen-bond donors (Lipinski definition) is 0. The average Bonchev–Trinajstić information content (AvgIpc) is 3.56. The summed E-state index contributed by atoms with van der Waals surface area (Å²) in [6, 6.07) is 18.4. The summed E-state index contributed by atoms with van der Waals surface area (Å²) in [5.74, 6) is -3.53. The number of amides is 2. The molecule has 0 spiro atoms. The predicted octanol–water partition coefficient (Wildman–Crippen LogP) is 3.30. The maximum atomic E-state index is 14.1. The summed E-state index contributed by atoms with van der Waals surface area (Å²) in [5.41, 5.74) is 3.03. The first-order chi connectivity index (χ1) is 17.5. The first-order valence-electron chi connectivity index (χ1n) is 11.6. The number of aromatic nitrogens is 3. The Balaban J connectivity index is 1.39. The normalized spacial score (nSPS) is 24.2. The Labute approximate surface area is 204 Å². The van der Waals surface area contributed by atoms with Gasteiger partial charge in [0.25, 0.3) is 5.91 Å². The molecule has 176 valence electrons. The van der Waals surface area contributed by atoms with E-state index in [1.165, 1.54) is 28.9 Å². The highest BCUT2D eigenvalue weighted by Gasteiger charge is 2.64. The summed E-state index contributed by atoms with van der Waals surface area (Å²) in [7, 11) is 0. The minimum absolute atomic E-state index is 0.282. The highest BCUT2D eigenvalue weighted by molar-refractivity contribution is 6.25. The second-order valence-corrected chi connectivity index (χ2v) is 9.13. The van der Waals surface area contributed by atoms with Crippen molar-refractivity contribution in [2.24, 2.45) is 11.8 Å². The molecule has 9 heteroatoms. The van der Waals surface area contributed by atoms with E-state index in [0.29, 0.717) is 11.0 Å². The van der Waals surface area contributed by atoms with Crippen LogP contribution in [0.3, 0.4) is 0 Å². The number of para-hydroxylation sites is 2. The molecule has 0 aliphatic carbocycles. The molecule has 2 fully saturated rings. The maximum Gasteiger partial charge on any atom is 0.272 e. The molecule has 36 heavy (non-hydrogen) atoms. The molecule has 0 saturated carbocycles. The first-order valence-corrected chi connectivity index (χ1v) is 11.6. The van der Waals surface area contributed by atoms with Gasteiger partial charge in [-0.2, -0.15) is 4.68 Å². The standard InChI is InChI=1S/C27H18FN5O3/c28-16-10-12-17(13-11-16)31-25(34)22-21-14-9-15-5-1-3-7-19(15)32(21)24(23(22)26(31)35)27(36)33-20-8-4-2-6-18(20)29-30-33/h1-14,21-24H/t21-,22+,23-,24-/m0/s1. The van der Waals surface area contributed by atoms with Crippen LogP contribution >= 0.6 is 0 Å². The molecular formula is C27H18FN5O3. The van der Waals surface area contributed by atoms with Crippen molar-refractivity contribution in [3.63, 3.8) is 0 Å². The third-order valence-corrected chi connectivity index (χ3v) is 7.31. The van der Waals surface area contributed by atoms with E-state index in [4.69, 9.17) is 0 Å². The van der Waals surface area contributed by atoms with Crippen LogP contribution in [0.15, 0.2) is 78.9 Å². The molecule has 0 unspecified atom stereocenters.